The molecule has 0 radical (unpaired) electrons. The molecule has 0 aromatic carbocycles. The number of nitrogens with two attached hydrogens (primary N) is 1. The number of amides is 1. The highest BCUT2D eigenvalue weighted by atomic mass is 16.3. The first-order valence-electron chi connectivity index (χ1n) is 2.40. The lowest BCUT2D eigenvalue weighted by Crippen LogP contribution is -2.40. The van der Waals surface area contributed by atoms with Gasteiger partial charge in [-0.25, -0.2) is 0 Å². The lowest BCUT2D eigenvalue weighted by molar-refractivity contribution is -0.134. The van der Waals surface area contributed by atoms with Gasteiger partial charge in [0.2, 0.25) is 5.91 Å². The van der Waals surface area contributed by atoms with Gasteiger partial charge in [0.25, 0.3) is 0 Å². The van der Waals surface area contributed by atoms with E-state index in [1.54, 1.807) is 6.07 Å². The van der Waals surface area contributed by atoms with E-state index >= 15 is 0 Å². The van der Waals surface area contributed by atoms with Crippen LogP contribution in [-0.2, 0) is 4.79 Å². The summed E-state index contributed by atoms with van der Waals surface area (Å²) in [5.41, 5.74) is 3.04. The largest absolute Gasteiger partial charge is 0.379 e. The maximum Gasteiger partial charge on any atom is 0.250 e. The first kappa shape index (κ1) is 7.92. The van der Waals surface area contributed by atoms with E-state index in [0.717, 1.165) is 0 Å². The summed E-state index contributed by atoms with van der Waals surface area (Å²) >= 11 is 0. The third kappa shape index (κ3) is 2.11. The molecule has 0 bridgehead atoms. The Labute approximate surface area is 52.9 Å². The van der Waals surface area contributed by atoms with Gasteiger partial charge in [-0.15, -0.1) is 0 Å². The minimum absolute atomic E-state index is 0.262. The average Bonchev–Trinajstić information content (AvgIpc) is 1.65. The highest BCUT2D eigenvalue weighted by Crippen LogP contribution is 2.05. The Morgan fingerprint density at radius 2 is 2.44 bits per heavy atom. The number of nitriles is 1. The number of hydrogen-bond acceptors (Lipinski definition) is 3. The summed E-state index contributed by atoms with van der Waals surface area (Å²) < 4.78 is 0. The zero-order valence-electron chi connectivity index (χ0n) is 5.09. The number of carbonyl (C=O) groups is 1. The summed E-state index contributed by atoms with van der Waals surface area (Å²) in [7, 11) is 0. The van der Waals surface area contributed by atoms with Gasteiger partial charge in [0.05, 0.1) is 12.5 Å². The van der Waals surface area contributed by atoms with Crippen LogP contribution in [0.25, 0.3) is 0 Å². The van der Waals surface area contributed by atoms with Gasteiger partial charge in [-0.2, -0.15) is 5.26 Å². The van der Waals surface area contributed by atoms with Crippen LogP contribution in [0.1, 0.15) is 13.3 Å². The van der Waals surface area contributed by atoms with E-state index in [0.29, 0.717) is 0 Å². The van der Waals surface area contributed by atoms with Crippen molar-refractivity contribution in [3.05, 3.63) is 0 Å². The van der Waals surface area contributed by atoms with Crippen molar-refractivity contribution in [1.82, 2.24) is 0 Å². The second-order valence-electron chi connectivity index (χ2n) is 1.97. The second kappa shape index (κ2) is 2.46. The Morgan fingerprint density at radius 3 is 2.56 bits per heavy atom. The summed E-state index contributed by atoms with van der Waals surface area (Å²) in [6.07, 6.45) is -0.262. The van der Waals surface area contributed by atoms with Crippen molar-refractivity contribution in [2.24, 2.45) is 5.73 Å². The van der Waals surface area contributed by atoms with Crippen LogP contribution in [0.3, 0.4) is 0 Å². The van der Waals surface area contributed by atoms with Crippen LogP contribution in [0.15, 0.2) is 0 Å². The van der Waals surface area contributed by atoms with Crippen LogP contribution < -0.4 is 5.73 Å². The highest BCUT2D eigenvalue weighted by molar-refractivity contribution is 5.82. The van der Waals surface area contributed by atoms with Crippen LogP contribution >= 0.6 is 0 Å². The predicted octanol–water partition coefficient (Wildman–Crippen LogP) is -0.864. The molecule has 1 atom stereocenters. The fraction of sp³-hybridized carbons (Fsp3) is 0.600. The first-order valence-corrected chi connectivity index (χ1v) is 2.40. The van der Waals surface area contributed by atoms with E-state index in [1.807, 2.05) is 0 Å². The normalized spacial score (nSPS) is 15.7. The summed E-state index contributed by atoms with van der Waals surface area (Å²) in [6.45, 7) is 1.21. The molecule has 0 unspecified atom stereocenters. The number of rotatable bonds is 2. The molecule has 9 heavy (non-hydrogen) atoms. The highest BCUT2D eigenvalue weighted by Gasteiger charge is 2.26. The van der Waals surface area contributed by atoms with E-state index < -0.39 is 11.5 Å². The third-order valence-electron chi connectivity index (χ3n) is 0.954. The molecule has 0 aliphatic heterocycles. The molecule has 0 aliphatic rings. The van der Waals surface area contributed by atoms with Crippen LogP contribution in [0.2, 0.25) is 0 Å². The molecule has 0 rings (SSSR count). The summed E-state index contributed by atoms with van der Waals surface area (Å²) in [4.78, 5) is 10.2. The van der Waals surface area contributed by atoms with E-state index in [-0.39, 0.29) is 6.42 Å². The Bertz CT molecular complexity index is 157. The van der Waals surface area contributed by atoms with E-state index in [2.05, 4.69) is 0 Å². The van der Waals surface area contributed by atoms with Gasteiger partial charge in [-0.1, -0.05) is 0 Å². The topological polar surface area (TPSA) is 87.1 Å². The van der Waals surface area contributed by atoms with Crippen molar-refractivity contribution < 1.29 is 9.90 Å². The molecule has 0 saturated heterocycles. The summed E-state index contributed by atoms with van der Waals surface area (Å²) in [5.74, 6) is -0.871. The van der Waals surface area contributed by atoms with Gasteiger partial charge in [-0.3, -0.25) is 4.79 Å². The van der Waals surface area contributed by atoms with Crippen LogP contribution in [0.4, 0.5) is 0 Å². The van der Waals surface area contributed by atoms with Crippen molar-refractivity contribution in [1.29, 1.82) is 5.26 Å². The van der Waals surface area contributed by atoms with Crippen LogP contribution in [-0.4, -0.2) is 16.6 Å². The molecule has 0 aromatic heterocycles. The predicted molar refractivity (Wildman–Crippen MR) is 30.0 cm³/mol. The van der Waals surface area contributed by atoms with Crippen molar-refractivity contribution in [2.45, 2.75) is 18.9 Å². The lowest BCUT2D eigenvalue weighted by Gasteiger charge is -2.13. The maximum atomic E-state index is 10.2. The molecule has 4 heteroatoms. The first-order chi connectivity index (χ1) is 4.00. The van der Waals surface area contributed by atoms with Crippen molar-refractivity contribution in [2.75, 3.05) is 0 Å². The lowest BCUT2D eigenvalue weighted by atomic mass is 10.0. The molecule has 3 N–H and O–H groups in total. The molecule has 0 aromatic rings. The Morgan fingerprint density at radius 1 is 2.00 bits per heavy atom. The van der Waals surface area contributed by atoms with Gasteiger partial charge in [0.15, 0.2) is 5.60 Å². The van der Waals surface area contributed by atoms with Gasteiger partial charge < -0.3 is 10.8 Å². The van der Waals surface area contributed by atoms with Crippen molar-refractivity contribution in [3.63, 3.8) is 0 Å². The molecular weight excluding hydrogens is 120 g/mol. The number of nitrogens with zero attached hydrogens (tertiary/aromatic N) is 1. The zero-order chi connectivity index (χ0) is 7.49. The molecule has 0 aliphatic carbocycles. The molecule has 4 nitrogen and oxygen atoms in total. The van der Waals surface area contributed by atoms with Crippen molar-refractivity contribution >= 4 is 5.91 Å². The van der Waals surface area contributed by atoms with Crippen LogP contribution in [0.5, 0.6) is 0 Å². The molecule has 0 saturated carbocycles. The summed E-state index contributed by atoms with van der Waals surface area (Å²) in [5, 5.41) is 16.9. The third-order valence-corrected chi connectivity index (χ3v) is 0.954. The number of aliphatic hydroxyl groups is 1. The standard InChI is InChI=1S/C5H8N2O2/c1-5(9,2-3-6)4(7)8/h9H,2H2,1H3,(H2,7,8)/t5-/m1/s1. The van der Waals surface area contributed by atoms with E-state index in [4.69, 9.17) is 16.1 Å². The molecule has 0 fully saturated rings. The molecule has 50 valence electrons. The minimum atomic E-state index is -1.67. The minimum Gasteiger partial charge on any atom is -0.379 e. The fourth-order valence-corrected chi connectivity index (χ4v) is 0.241. The second-order valence-corrected chi connectivity index (χ2v) is 1.97. The maximum absolute atomic E-state index is 10.2. The quantitative estimate of drug-likeness (QED) is 0.507. The summed E-state index contributed by atoms with van der Waals surface area (Å²) in [6, 6.07) is 1.64. The van der Waals surface area contributed by atoms with Gasteiger partial charge >= 0.3 is 0 Å². The molecule has 1 amide bonds. The van der Waals surface area contributed by atoms with E-state index in [9.17, 15) is 4.79 Å². The van der Waals surface area contributed by atoms with Crippen molar-refractivity contribution in [3.8, 4) is 6.07 Å². The molecule has 0 heterocycles. The monoisotopic (exact) mass is 128 g/mol. The Kier molecular flexibility index (Phi) is 2.17. The van der Waals surface area contributed by atoms with Gasteiger partial charge in [0, 0.05) is 0 Å². The van der Waals surface area contributed by atoms with E-state index in [1.165, 1.54) is 6.92 Å². The Hall–Kier alpha value is -1.08. The average molecular weight is 128 g/mol. The Balaban J connectivity index is 4.06. The molecular formula is C5H8N2O2. The number of carbonyl (C=O) groups excluding carboxylic acids is 1. The van der Waals surface area contributed by atoms with Gasteiger partial charge in [0.1, 0.15) is 0 Å². The number of primary amides is 1. The smallest absolute Gasteiger partial charge is 0.250 e. The van der Waals surface area contributed by atoms with Gasteiger partial charge in [-0.05, 0) is 6.92 Å². The SMILES string of the molecule is C[C@@](O)(CC#N)C(N)=O. The zero-order valence-corrected chi connectivity index (χ0v) is 5.09. The molecule has 0 spiro atoms. The number of hydrogen-bond donors (Lipinski definition) is 2. The van der Waals surface area contributed by atoms with Crippen LogP contribution in [0, 0.1) is 11.3 Å². The fourth-order valence-electron chi connectivity index (χ4n) is 0.241.